The topological polar surface area (TPSA) is 50.7 Å². The van der Waals surface area contributed by atoms with Gasteiger partial charge in [-0.3, -0.25) is 0 Å². The van der Waals surface area contributed by atoms with Gasteiger partial charge in [0.1, 0.15) is 5.75 Å². The van der Waals surface area contributed by atoms with Gasteiger partial charge in [-0.15, -0.1) is 0 Å². The van der Waals surface area contributed by atoms with Gasteiger partial charge < -0.3 is 19.9 Å². The molecule has 3 rings (SSSR count). The van der Waals surface area contributed by atoms with Crippen molar-refractivity contribution in [2.45, 2.75) is 45.3 Å². The molecule has 0 unspecified atom stereocenters. The molecule has 158 valence electrons. The van der Waals surface area contributed by atoms with Crippen LogP contribution >= 0.6 is 0 Å². The number of hydrogen-bond donors (Lipinski definition) is 2. The third kappa shape index (κ3) is 5.81. The van der Waals surface area contributed by atoms with Crippen LogP contribution in [-0.4, -0.2) is 37.6 Å². The Hall–Kier alpha value is -1.88. The molecule has 0 bridgehead atoms. The Morgan fingerprint density at radius 2 is 1.79 bits per heavy atom. The van der Waals surface area contributed by atoms with E-state index in [0.29, 0.717) is 0 Å². The summed E-state index contributed by atoms with van der Waals surface area (Å²) in [5.74, 6) is 1.04. The van der Waals surface area contributed by atoms with Gasteiger partial charge >= 0.3 is 0 Å². The lowest BCUT2D eigenvalue weighted by atomic mass is 9.63. The molecule has 0 aliphatic carbocycles. The van der Waals surface area contributed by atoms with Crippen molar-refractivity contribution < 1.29 is 14.6 Å². The highest BCUT2D eigenvalue weighted by Gasteiger charge is 2.45. The van der Waals surface area contributed by atoms with Crippen LogP contribution in [0.25, 0.3) is 0 Å². The molecule has 2 N–H and O–H groups in total. The predicted octanol–water partition coefficient (Wildman–Crippen LogP) is 4.21. The van der Waals surface area contributed by atoms with Crippen molar-refractivity contribution in [2.24, 2.45) is 11.3 Å². The minimum absolute atomic E-state index is 0.0186. The summed E-state index contributed by atoms with van der Waals surface area (Å²) < 4.78 is 11.3. The van der Waals surface area contributed by atoms with Gasteiger partial charge in [-0.2, -0.15) is 0 Å². The maximum atomic E-state index is 10.4. The first-order valence-electron chi connectivity index (χ1n) is 10.6. The molecule has 1 fully saturated rings. The lowest BCUT2D eigenvalue weighted by Gasteiger charge is -2.49. The van der Waals surface area contributed by atoms with Crippen LogP contribution in [0.3, 0.4) is 0 Å². The Balaban J connectivity index is 1.71. The van der Waals surface area contributed by atoms with Crippen molar-refractivity contribution in [1.82, 2.24) is 5.32 Å². The number of aliphatic hydroxyl groups excluding tert-OH is 1. The number of ether oxygens (including phenoxy) is 2. The molecule has 4 heteroatoms. The van der Waals surface area contributed by atoms with Gasteiger partial charge in [0, 0.05) is 32.2 Å². The lowest BCUT2D eigenvalue weighted by Crippen LogP contribution is -2.50. The molecule has 2 atom stereocenters. The SMILES string of the molecule is COc1ccc(CNC[C@H](CO)[C@]2(Cc3ccccc3)CCOC(C)(C)C2)cc1. The van der Waals surface area contributed by atoms with Crippen molar-refractivity contribution in [3.63, 3.8) is 0 Å². The summed E-state index contributed by atoms with van der Waals surface area (Å²) in [6, 6.07) is 18.8. The fraction of sp³-hybridized carbons (Fsp3) is 0.520. The molecule has 1 aliphatic rings. The molecule has 0 amide bonds. The molecule has 0 spiro atoms. The fourth-order valence-electron chi connectivity index (χ4n) is 4.77. The Morgan fingerprint density at radius 3 is 2.41 bits per heavy atom. The standard InChI is InChI=1S/C25H35NO3/c1-24(2)19-25(13-14-29-24,15-20-7-5-4-6-8-20)22(18-27)17-26-16-21-9-11-23(28-3)12-10-21/h4-12,22,26-27H,13-19H2,1-3H3/t22-,25+/m1/s1. The summed E-state index contributed by atoms with van der Waals surface area (Å²) in [6.45, 7) is 6.83. The third-order valence-corrected chi connectivity index (χ3v) is 6.23. The van der Waals surface area contributed by atoms with Gasteiger partial charge in [-0.05, 0) is 61.8 Å². The minimum atomic E-state index is -0.170. The average molecular weight is 398 g/mol. The number of benzene rings is 2. The van der Waals surface area contributed by atoms with Crippen molar-refractivity contribution in [1.29, 1.82) is 0 Å². The van der Waals surface area contributed by atoms with E-state index in [2.05, 4.69) is 61.6 Å². The monoisotopic (exact) mass is 397 g/mol. The van der Waals surface area contributed by atoms with E-state index in [1.807, 2.05) is 12.1 Å². The number of rotatable bonds is 9. The zero-order chi connectivity index (χ0) is 20.7. The Bertz CT molecular complexity index is 744. The van der Waals surface area contributed by atoms with Gasteiger partial charge in [-0.25, -0.2) is 0 Å². The highest BCUT2D eigenvalue weighted by molar-refractivity contribution is 5.27. The van der Waals surface area contributed by atoms with Crippen LogP contribution in [0.2, 0.25) is 0 Å². The summed E-state index contributed by atoms with van der Waals surface area (Å²) in [7, 11) is 1.68. The van der Waals surface area contributed by atoms with E-state index in [9.17, 15) is 5.11 Å². The van der Waals surface area contributed by atoms with Crippen LogP contribution in [0.4, 0.5) is 0 Å². The van der Waals surface area contributed by atoms with E-state index >= 15 is 0 Å². The summed E-state index contributed by atoms with van der Waals surface area (Å²) in [4.78, 5) is 0. The molecule has 1 saturated heterocycles. The van der Waals surface area contributed by atoms with Gasteiger partial charge in [0.2, 0.25) is 0 Å². The largest absolute Gasteiger partial charge is 0.497 e. The quantitative estimate of drug-likeness (QED) is 0.665. The van der Waals surface area contributed by atoms with Crippen molar-refractivity contribution >= 4 is 0 Å². The number of hydrogen-bond acceptors (Lipinski definition) is 4. The second-order valence-electron chi connectivity index (χ2n) is 8.92. The molecule has 0 radical (unpaired) electrons. The van der Waals surface area contributed by atoms with Crippen LogP contribution < -0.4 is 10.1 Å². The summed E-state index contributed by atoms with van der Waals surface area (Å²) >= 11 is 0. The van der Waals surface area contributed by atoms with Gasteiger partial charge in [-0.1, -0.05) is 42.5 Å². The number of methoxy groups -OCH3 is 1. The molecule has 0 saturated carbocycles. The smallest absolute Gasteiger partial charge is 0.118 e. The predicted molar refractivity (Wildman–Crippen MR) is 117 cm³/mol. The maximum absolute atomic E-state index is 10.4. The zero-order valence-corrected chi connectivity index (χ0v) is 18.0. The molecule has 4 nitrogen and oxygen atoms in total. The molecular weight excluding hydrogens is 362 g/mol. The third-order valence-electron chi connectivity index (χ3n) is 6.23. The molecule has 1 heterocycles. The van der Waals surface area contributed by atoms with Crippen molar-refractivity contribution in [3.8, 4) is 5.75 Å². The molecule has 2 aromatic rings. The van der Waals surface area contributed by atoms with Crippen LogP contribution in [0.15, 0.2) is 54.6 Å². The first kappa shape index (κ1) is 21.8. The van der Waals surface area contributed by atoms with E-state index in [-0.39, 0.29) is 23.5 Å². The summed E-state index contributed by atoms with van der Waals surface area (Å²) in [5.41, 5.74) is 2.40. The van der Waals surface area contributed by atoms with E-state index in [1.54, 1.807) is 7.11 Å². The zero-order valence-electron chi connectivity index (χ0n) is 18.0. The Kier molecular flexibility index (Phi) is 7.33. The molecule has 0 aromatic heterocycles. The van der Waals surface area contributed by atoms with Crippen molar-refractivity contribution in [3.05, 3.63) is 65.7 Å². The van der Waals surface area contributed by atoms with E-state index in [4.69, 9.17) is 9.47 Å². The molecular formula is C25H35NO3. The minimum Gasteiger partial charge on any atom is -0.497 e. The normalized spacial score (nSPS) is 22.2. The molecule has 29 heavy (non-hydrogen) atoms. The molecule has 1 aliphatic heterocycles. The maximum Gasteiger partial charge on any atom is 0.118 e. The van der Waals surface area contributed by atoms with E-state index < -0.39 is 0 Å². The number of nitrogens with one attached hydrogen (secondary N) is 1. The fourth-order valence-corrected chi connectivity index (χ4v) is 4.77. The van der Waals surface area contributed by atoms with Crippen LogP contribution in [0, 0.1) is 11.3 Å². The van der Waals surface area contributed by atoms with Crippen molar-refractivity contribution in [2.75, 3.05) is 26.9 Å². The van der Waals surface area contributed by atoms with Gasteiger partial charge in [0.25, 0.3) is 0 Å². The second-order valence-corrected chi connectivity index (χ2v) is 8.92. The van der Waals surface area contributed by atoms with Crippen LogP contribution in [-0.2, 0) is 17.7 Å². The van der Waals surface area contributed by atoms with Crippen LogP contribution in [0.5, 0.6) is 5.75 Å². The Labute approximate surface area is 175 Å². The highest BCUT2D eigenvalue weighted by Crippen LogP contribution is 2.46. The van der Waals surface area contributed by atoms with Gasteiger partial charge in [0.15, 0.2) is 0 Å². The average Bonchev–Trinajstić information content (AvgIpc) is 2.71. The van der Waals surface area contributed by atoms with E-state index in [0.717, 1.165) is 44.7 Å². The summed E-state index contributed by atoms with van der Waals surface area (Å²) in [5, 5.41) is 13.9. The lowest BCUT2D eigenvalue weighted by molar-refractivity contribution is -0.127. The number of aliphatic hydroxyl groups is 1. The summed E-state index contributed by atoms with van der Waals surface area (Å²) in [6.07, 6.45) is 2.89. The van der Waals surface area contributed by atoms with Crippen LogP contribution in [0.1, 0.15) is 37.8 Å². The second kappa shape index (κ2) is 9.75. The highest BCUT2D eigenvalue weighted by atomic mass is 16.5. The van der Waals surface area contributed by atoms with Gasteiger partial charge in [0.05, 0.1) is 12.7 Å². The first-order valence-corrected chi connectivity index (χ1v) is 10.6. The van der Waals surface area contributed by atoms with E-state index in [1.165, 1.54) is 11.1 Å². The first-order chi connectivity index (χ1) is 14.0. The molecule has 2 aromatic carbocycles. The Morgan fingerprint density at radius 1 is 1.07 bits per heavy atom.